The second kappa shape index (κ2) is 8.27. The van der Waals surface area contributed by atoms with Gasteiger partial charge in [0.15, 0.2) is 0 Å². The molecule has 1 aromatic rings. The van der Waals surface area contributed by atoms with E-state index in [9.17, 15) is 4.79 Å². The first-order valence-corrected chi connectivity index (χ1v) is 7.39. The largest absolute Gasteiger partial charge is 0.465 e. The van der Waals surface area contributed by atoms with E-state index >= 15 is 0 Å². The zero-order valence-electron chi connectivity index (χ0n) is 11.5. The molecule has 0 aromatic carbocycles. The van der Waals surface area contributed by atoms with Gasteiger partial charge in [0, 0.05) is 10.9 Å². The summed E-state index contributed by atoms with van der Waals surface area (Å²) in [4.78, 5) is 15.0. The van der Waals surface area contributed by atoms with Crippen molar-refractivity contribution in [2.45, 2.75) is 39.2 Å². The number of ether oxygens (including phenoxy) is 1. The number of carbonyl (C=O) groups is 1. The van der Waals surface area contributed by atoms with Crippen LogP contribution in [0.15, 0.2) is 17.5 Å². The van der Waals surface area contributed by atoms with E-state index in [1.165, 1.54) is 4.88 Å². The third kappa shape index (κ3) is 5.65. The van der Waals surface area contributed by atoms with Gasteiger partial charge in [-0.3, -0.25) is 9.69 Å². The van der Waals surface area contributed by atoms with E-state index in [0.717, 1.165) is 19.3 Å². The molecule has 0 aliphatic heterocycles. The van der Waals surface area contributed by atoms with Crippen LogP contribution < -0.4 is 0 Å². The number of hydrogen-bond donors (Lipinski definition) is 0. The normalized spacial score (nSPS) is 12.7. The fourth-order valence-electron chi connectivity index (χ4n) is 1.61. The number of unbranched alkanes of at least 4 members (excludes halogenated alkanes) is 1. The molecule has 1 unspecified atom stereocenters. The Balaban J connectivity index is 2.26. The predicted octanol–water partition coefficient (Wildman–Crippen LogP) is 2.95. The summed E-state index contributed by atoms with van der Waals surface area (Å²) in [6.07, 6.45) is 2.98. The molecule has 0 saturated heterocycles. The minimum atomic E-state index is -0.121. The van der Waals surface area contributed by atoms with Gasteiger partial charge in [-0.15, -0.1) is 11.3 Å². The van der Waals surface area contributed by atoms with Crippen molar-refractivity contribution in [2.24, 2.45) is 0 Å². The van der Waals surface area contributed by atoms with Crippen LogP contribution in [0.25, 0.3) is 0 Å². The van der Waals surface area contributed by atoms with Gasteiger partial charge < -0.3 is 4.74 Å². The maximum absolute atomic E-state index is 11.6. The van der Waals surface area contributed by atoms with Crippen molar-refractivity contribution < 1.29 is 9.53 Å². The van der Waals surface area contributed by atoms with Crippen LogP contribution in [0.4, 0.5) is 0 Å². The van der Waals surface area contributed by atoms with Crippen LogP contribution in [0.1, 0.15) is 31.6 Å². The van der Waals surface area contributed by atoms with Gasteiger partial charge in [0.05, 0.1) is 13.2 Å². The second-order valence-corrected chi connectivity index (χ2v) is 5.65. The summed E-state index contributed by atoms with van der Waals surface area (Å²) < 4.78 is 5.16. The molecule has 18 heavy (non-hydrogen) atoms. The lowest BCUT2D eigenvalue weighted by molar-refractivity contribution is -0.145. The quantitative estimate of drug-likeness (QED) is 0.537. The number of carbonyl (C=O) groups excluding carboxylic acids is 1. The SMILES string of the molecule is CCCCOC(=O)CN(C)C(C)Cc1cccs1. The average molecular weight is 269 g/mol. The predicted molar refractivity (Wildman–Crippen MR) is 76.0 cm³/mol. The molecule has 1 rings (SSSR count). The van der Waals surface area contributed by atoms with Crippen LogP contribution in [-0.2, 0) is 16.0 Å². The fourth-order valence-corrected chi connectivity index (χ4v) is 2.44. The molecule has 0 saturated carbocycles. The Morgan fingerprint density at radius 3 is 2.94 bits per heavy atom. The van der Waals surface area contributed by atoms with E-state index in [2.05, 4.69) is 31.4 Å². The van der Waals surface area contributed by atoms with Gasteiger partial charge in [0.25, 0.3) is 0 Å². The molecule has 1 heterocycles. The van der Waals surface area contributed by atoms with Gasteiger partial charge in [0.1, 0.15) is 0 Å². The molecule has 0 spiro atoms. The Morgan fingerprint density at radius 1 is 1.56 bits per heavy atom. The molecule has 0 aliphatic rings. The molecule has 0 bridgehead atoms. The first-order valence-electron chi connectivity index (χ1n) is 6.51. The van der Waals surface area contributed by atoms with Crippen molar-refractivity contribution >= 4 is 17.3 Å². The number of thiophene rings is 1. The maximum atomic E-state index is 11.6. The van der Waals surface area contributed by atoms with E-state index in [0.29, 0.717) is 19.2 Å². The third-order valence-corrected chi connectivity index (χ3v) is 3.87. The summed E-state index contributed by atoms with van der Waals surface area (Å²) in [6.45, 7) is 5.14. The Hall–Kier alpha value is -0.870. The zero-order valence-corrected chi connectivity index (χ0v) is 12.3. The van der Waals surface area contributed by atoms with Gasteiger partial charge in [-0.05, 0) is 38.3 Å². The number of hydrogen-bond acceptors (Lipinski definition) is 4. The molecule has 3 nitrogen and oxygen atoms in total. The molecule has 102 valence electrons. The number of nitrogens with zero attached hydrogens (tertiary/aromatic N) is 1. The van der Waals surface area contributed by atoms with E-state index in [1.807, 2.05) is 11.9 Å². The second-order valence-electron chi connectivity index (χ2n) is 4.62. The summed E-state index contributed by atoms with van der Waals surface area (Å²) in [6, 6.07) is 4.54. The van der Waals surface area contributed by atoms with Crippen molar-refractivity contribution in [3.63, 3.8) is 0 Å². The summed E-state index contributed by atoms with van der Waals surface area (Å²) >= 11 is 1.76. The smallest absolute Gasteiger partial charge is 0.320 e. The van der Waals surface area contributed by atoms with E-state index in [4.69, 9.17) is 4.74 Å². The Morgan fingerprint density at radius 2 is 2.33 bits per heavy atom. The highest BCUT2D eigenvalue weighted by Gasteiger charge is 2.14. The summed E-state index contributed by atoms with van der Waals surface area (Å²) in [5.74, 6) is -0.121. The van der Waals surface area contributed by atoms with Crippen LogP contribution in [0.2, 0.25) is 0 Å². The van der Waals surface area contributed by atoms with Crippen LogP contribution in [0.3, 0.4) is 0 Å². The summed E-state index contributed by atoms with van der Waals surface area (Å²) in [7, 11) is 1.97. The van der Waals surface area contributed by atoms with Gasteiger partial charge >= 0.3 is 5.97 Å². The van der Waals surface area contributed by atoms with Gasteiger partial charge in [0.2, 0.25) is 0 Å². The lowest BCUT2D eigenvalue weighted by Gasteiger charge is -2.23. The first-order chi connectivity index (χ1) is 8.63. The Labute approximate surface area is 114 Å². The van der Waals surface area contributed by atoms with Gasteiger partial charge in [-0.1, -0.05) is 19.4 Å². The maximum Gasteiger partial charge on any atom is 0.320 e. The van der Waals surface area contributed by atoms with Crippen LogP contribution in [0, 0.1) is 0 Å². The minimum absolute atomic E-state index is 0.121. The lowest BCUT2D eigenvalue weighted by Crippen LogP contribution is -2.36. The van der Waals surface area contributed by atoms with E-state index in [-0.39, 0.29) is 5.97 Å². The molecule has 0 N–H and O–H groups in total. The average Bonchev–Trinajstić information content (AvgIpc) is 2.82. The Kier molecular flexibility index (Phi) is 6.98. The molecule has 4 heteroatoms. The highest BCUT2D eigenvalue weighted by atomic mass is 32.1. The molecule has 0 radical (unpaired) electrons. The highest BCUT2D eigenvalue weighted by Crippen LogP contribution is 2.13. The van der Waals surface area contributed by atoms with Crippen LogP contribution >= 0.6 is 11.3 Å². The Bertz CT molecular complexity index is 338. The molecule has 1 atom stereocenters. The molecular formula is C14H23NO2S. The standard InChI is InChI=1S/C14H23NO2S/c1-4-5-8-17-14(16)11-15(3)12(2)10-13-7-6-9-18-13/h6-7,9,12H,4-5,8,10-11H2,1-3H3. The van der Waals surface area contributed by atoms with Crippen molar-refractivity contribution in [1.82, 2.24) is 4.90 Å². The lowest BCUT2D eigenvalue weighted by atomic mass is 10.2. The van der Waals surface area contributed by atoms with Crippen molar-refractivity contribution in [3.05, 3.63) is 22.4 Å². The fraction of sp³-hybridized carbons (Fsp3) is 0.643. The molecule has 1 aromatic heterocycles. The minimum Gasteiger partial charge on any atom is -0.465 e. The number of likely N-dealkylation sites (N-methyl/N-ethyl adjacent to an activating group) is 1. The van der Waals surface area contributed by atoms with Gasteiger partial charge in [-0.2, -0.15) is 0 Å². The summed E-state index contributed by atoms with van der Waals surface area (Å²) in [5, 5.41) is 2.08. The highest BCUT2D eigenvalue weighted by molar-refractivity contribution is 7.09. The summed E-state index contributed by atoms with van der Waals surface area (Å²) in [5.41, 5.74) is 0. The monoisotopic (exact) mass is 269 g/mol. The first kappa shape index (κ1) is 15.2. The van der Waals surface area contributed by atoms with E-state index < -0.39 is 0 Å². The van der Waals surface area contributed by atoms with E-state index in [1.54, 1.807) is 11.3 Å². The molecule has 0 fully saturated rings. The van der Waals surface area contributed by atoms with Crippen molar-refractivity contribution in [1.29, 1.82) is 0 Å². The van der Waals surface area contributed by atoms with Crippen LogP contribution in [0.5, 0.6) is 0 Å². The number of rotatable bonds is 8. The topological polar surface area (TPSA) is 29.5 Å². The molecular weight excluding hydrogens is 246 g/mol. The molecule has 0 aliphatic carbocycles. The zero-order chi connectivity index (χ0) is 13.4. The van der Waals surface area contributed by atoms with Gasteiger partial charge in [-0.25, -0.2) is 0 Å². The van der Waals surface area contributed by atoms with Crippen molar-refractivity contribution in [3.8, 4) is 0 Å². The van der Waals surface area contributed by atoms with Crippen molar-refractivity contribution in [2.75, 3.05) is 20.2 Å². The van der Waals surface area contributed by atoms with Crippen LogP contribution in [-0.4, -0.2) is 37.1 Å². The number of esters is 1. The molecule has 0 amide bonds. The third-order valence-electron chi connectivity index (χ3n) is 2.97.